The molecular formula is C26H33N5O3S. The molecule has 35 heavy (non-hydrogen) atoms. The second-order valence-corrected chi connectivity index (χ2v) is 11.2. The van der Waals surface area contributed by atoms with Gasteiger partial charge in [0.25, 0.3) is 0 Å². The maximum absolute atomic E-state index is 12.2. The molecule has 8 nitrogen and oxygen atoms in total. The van der Waals surface area contributed by atoms with E-state index in [4.69, 9.17) is 9.47 Å². The maximum atomic E-state index is 12.2. The molecule has 1 amide bonds. The van der Waals surface area contributed by atoms with E-state index in [-0.39, 0.29) is 12.1 Å². The number of thiophene rings is 1. The lowest BCUT2D eigenvalue weighted by molar-refractivity contribution is 0.0105. The minimum atomic E-state index is -0.490. The Kier molecular flexibility index (Phi) is 6.80. The fourth-order valence-corrected chi connectivity index (χ4v) is 5.30. The minimum absolute atomic E-state index is 0.126. The van der Waals surface area contributed by atoms with Crippen molar-refractivity contribution in [3.8, 4) is 11.3 Å². The average Bonchev–Trinajstić information content (AvgIpc) is 3.30. The number of hydrogen-bond acceptors (Lipinski definition) is 8. The summed E-state index contributed by atoms with van der Waals surface area (Å²) in [6.07, 6.45) is 1.91. The van der Waals surface area contributed by atoms with Gasteiger partial charge in [0.15, 0.2) is 5.82 Å². The number of ether oxygens (including phenoxy) is 2. The summed E-state index contributed by atoms with van der Waals surface area (Å²) >= 11 is 1.65. The molecule has 1 aromatic carbocycles. The molecule has 2 saturated heterocycles. The standard InChI is InChI=1S/C26H33N5O3S/c1-26(2,3)34-25(32)31-15-18(16-31)28-24-23-20(10-13-35-23)22(29-30-24)19-6-4-5-7-21(19)27-14-17-8-11-33-12-9-17/h4-7,10,13,17-18,27H,8-9,11-12,14-16H2,1-3H3,(H,28,30). The Balaban J connectivity index is 1.29. The van der Waals surface area contributed by atoms with Crippen LogP contribution in [0.2, 0.25) is 0 Å². The summed E-state index contributed by atoms with van der Waals surface area (Å²) < 4.78 is 12.0. The Hall–Kier alpha value is -2.91. The summed E-state index contributed by atoms with van der Waals surface area (Å²) in [7, 11) is 0. The highest BCUT2D eigenvalue weighted by atomic mass is 32.1. The van der Waals surface area contributed by atoms with Gasteiger partial charge in [0.2, 0.25) is 0 Å². The van der Waals surface area contributed by atoms with Crippen LogP contribution in [-0.4, -0.2) is 65.7 Å². The monoisotopic (exact) mass is 495 g/mol. The van der Waals surface area contributed by atoms with Crippen LogP contribution in [0, 0.1) is 5.92 Å². The normalized spacial score (nSPS) is 17.3. The summed E-state index contributed by atoms with van der Waals surface area (Å²) in [6, 6.07) is 10.5. The summed E-state index contributed by atoms with van der Waals surface area (Å²) in [4.78, 5) is 13.9. The third kappa shape index (κ3) is 5.51. The molecule has 2 fully saturated rings. The molecule has 3 aromatic rings. The van der Waals surface area contributed by atoms with Gasteiger partial charge in [-0.15, -0.1) is 21.5 Å². The van der Waals surface area contributed by atoms with Gasteiger partial charge >= 0.3 is 6.09 Å². The van der Waals surface area contributed by atoms with Crippen molar-refractivity contribution < 1.29 is 14.3 Å². The first-order valence-corrected chi connectivity index (χ1v) is 13.1. The molecule has 2 aliphatic rings. The molecule has 0 saturated carbocycles. The lowest BCUT2D eigenvalue weighted by Gasteiger charge is -2.40. The number of benzene rings is 1. The lowest BCUT2D eigenvalue weighted by Crippen LogP contribution is -2.58. The van der Waals surface area contributed by atoms with Crippen molar-refractivity contribution >= 4 is 39.0 Å². The van der Waals surface area contributed by atoms with E-state index in [0.717, 1.165) is 65.4 Å². The topological polar surface area (TPSA) is 88.6 Å². The van der Waals surface area contributed by atoms with Crippen molar-refractivity contribution in [1.29, 1.82) is 0 Å². The van der Waals surface area contributed by atoms with Crippen molar-refractivity contribution in [2.24, 2.45) is 5.92 Å². The number of hydrogen-bond donors (Lipinski definition) is 2. The predicted molar refractivity (Wildman–Crippen MR) is 140 cm³/mol. The smallest absolute Gasteiger partial charge is 0.410 e. The third-order valence-electron chi connectivity index (χ3n) is 6.36. The molecule has 0 radical (unpaired) electrons. The zero-order valence-corrected chi connectivity index (χ0v) is 21.4. The molecule has 2 aromatic heterocycles. The quantitative estimate of drug-likeness (QED) is 0.484. The van der Waals surface area contributed by atoms with E-state index < -0.39 is 5.60 Å². The number of nitrogens with one attached hydrogen (secondary N) is 2. The van der Waals surface area contributed by atoms with Crippen LogP contribution in [0.25, 0.3) is 21.3 Å². The molecule has 0 bridgehead atoms. The predicted octanol–water partition coefficient (Wildman–Crippen LogP) is 5.23. The Morgan fingerprint density at radius 3 is 2.71 bits per heavy atom. The molecule has 0 atom stereocenters. The Bertz CT molecular complexity index is 1180. The number of amides is 1. The van der Waals surface area contributed by atoms with Crippen LogP contribution in [0.15, 0.2) is 35.7 Å². The van der Waals surface area contributed by atoms with Crippen LogP contribution in [0.3, 0.4) is 0 Å². The second kappa shape index (κ2) is 9.99. The fraction of sp³-hybridized carbons (Fsp3) is 0.500. The van der Waals surface area contributed by atoms with Gasteiger partial charge < -0.3 is 25.0 Å². The number of nitrogens with zero attached hydrogens (tertiary/aromatic N) is 3. The molecule has 2 N–H and O–H groups in total. The third-order valence-corrected chi connectivity index (χ3v) is 7.28. The van der Waals surface area contributed by atoms with E-state index in [1.807, 2.05) is 26.8 Å². The van der Waals surface area contributed by atoms with E-state index in [0.29, 0.717) is 19.0 Å². The van der Waals surface area contributed by atoms with E-state index >= 15 is 0 Å². The van der Waals surface area contributed by atoms with Crippen molar-refractivity contribution in [2.45, 2.75) is 45.3 Å². The minimum Gasteiger partial charge on any atom is -0.444 e. The lowest BCUT2D eigenvalue weighted by atomic mass is 9.99. The highest BCUT2D eigenvalue weighted by molar-refractivity contribution is 7.17. The number of fused-ring (bicyclic) bond motifs is 1. The van der Waals surface area contributed by atoms with Gasteiger partial charge in [0.1, 0.15) is 11.3 Å². The first-order valence-electron chi connectivity index (χ1n) is 12.3. The number of aromatic nitrogens is 2. The molecule has 9 heteroatoms. The Labute approximate surface area is 210 Å². The first-order chi connectivity index (χ1) is 16.9. The van der Waals surface area contributed by atoms with Crippen LogP contribution < -0.4 is 10.6 Å². The summed E-state index contributed by atoms with van der Waals surface area (Å²) in [5.41, 5.74) is 2.52. The Morgan fingerprint density at radius 2 is 1.94 bits per heavy atom. The van der Waals surface area contributed by atoms with Crippen molar-refractivity contribution in [1.82, 2.24) is 15.1 Å². The number of carbonyl (C=O) groups excluding carboxylic acids is 1. The number of para-hydroxylation sites is 1. The van der Waals surface area contributed by atoms with Gasteiger partial charge in [0, 0.05) is 49.5 Å². The van der Waals surface area contributed by atoms with Crippen molar-refractivity contribution in [2.75, 3.05) is 43.5 Å². The van der Waals surface area contributed by atoms with Crippen LogP contribution >= 0.6 is 11.3 Å². The molecule has 186 valence electrons. The van der Waals surface area contributed by atoms with E-state index in [1.54, 1.807) is 16.2 Å². The number of rotatable bonds is 6. The SMILES string of the molecule is CC(C)(C)OC(=O)N1CC(Nc2nnc(-c3ccccc3NCC3CCOCC3)c3ccsc23)C1. The fourth-order valence-electron chi connectivity index (χ4n) is 4.46. The number of anilines is 2. The van der Waals surface area contributed by atoms with Gasteiger partial charge in [-0.05, 0) is 57.0 Å². The zero-order chi connectivity index (χ0) is 24.4. The van der Waals surface area contributed by atoms with Crippen LogP contribution in [-0.2, 0) is 9.47 Å². The van der Waals surface area contributed by atoms with Gasteiger partial charge in [0.05, 0.1) is 10.7 Å². The highest BCUT2D eigenvalue weighted by Crippen LogP contribution is 2.37. The van der Waals surface area contributed by atoms with Crippen LogP contribution in [0.4, 0.5) is 16.3 Å². The summed E-state index contributed by atoms with van der Waals surface area (Å²) in [5, 5.41) is 19.5. The summed E-state index contributed by atoms with van der Waals surface area (Å²) in [5.74, 6) is 1.39. The molecule has 5 rings (SSSR count). The maximum Gasteiger partial charge on any atom is 0.410 e. The second-order valence-electron chi connectivity index (χ2n) is 10.3. The summed E-state index contributed by atoms with van der Waals surface area (Å²) in [6.45, 7) is 9.43. The van der Waals surface area contributed by atoms with Gasteiger partial charge in [-0.1, -0.05) is 18.2 Å². The number of likely N-dealkylation sites (tertiary alicyclic amines) is 1. The van der Waals surface area contributed by atoms with Gasteiger partial charge in [-0.2, -0.15) is 0 Å². The van der Waals surface area contributed by atoms with Gasteiger partial charge in [-0.3, -0.25) is 0 Å². The van der Waals surface area contributed by atoms with Gasteiger partial charge in [-0.25, -0.2) is 4.79 Å². The molecule has 0 aliphatic carbocycles. The largest absolute Gasteiger partial charge is 0.444 e. The first kappa shape index (κ1) is 23.8. The highest BCUT2D eigenvalue weighted by Gasteiger charge is 2.34. The molecular weight excluding hydrogens is 462 g/mol. The Morgan fingerprint density at radius 1 is 1.17 bits per heavy atom. The van der Waals surface area contributed by atoms with E-state index in [2.05, 4.69) is 50.5 Å². The molecule has 0 unspecified atom stereocenters. The van der Waals surface area contributed by atoms with E-state index in [1.165, 1.54) is 0 Å². The zero-order valence-electron chi connectivity index (χ0n) is 20.5. The molecule has 4 heterocycles. The average molecular weight is 496 g/mol. The van der Waals surface area contributed by atoms with Crippen LogP contribution in [0.1, 0.15) is 33.6 Å². The van der Waals surface area contributed by atoms with Crippen molar-refractivity contribution in [3.05, 3.63) is 35.7 Å². The molecule has 2 aliphatic heterocycles. The van der Waals surface area contributed by atoms with Crippen molar-refractivity contribution in [3.63, 3.8) is 0 Å². The number of carbonyl (C=O) groups is 1. The van der Waals surface area contributed by atoms with E-state index in [9.17, 15) is 4.79 Å². The van der Waals surface area contributed by atoms with Crippen LogP contribution in [0.5, 0.6) is 0 Å². The molecule has 0 spiro atoms.